The molecule has 0 aliphatic carbocycles. The van der Waals surface area contributed by atoms with Crippen molar-refractivity contribution in [2.75, 3.05) is 17.6 Å². The molecule has 0 aliphatic heterocycles. The molecule has 1 aromatic carbocycles. The zero-order valence-electron chi connectivity index (χ0n) is 15.6. The number of halogens is 2. The maximum atomic E-state index is 12.2. The molecule has 28 heavy (non-hydrogen) atoms. The van der Waals surface area contributed by atoms with Gasteiger partial charge in [-0.15, -0.1) is 24.8 Å². The number of aromatic nitrogens is 4. The van der Waals surface area contributed by atoms with Gasteiger partial charge in [-0.1, -0.05) is 30.3 Å². The summed E-state index contributed by atoms with van der Waals surface area (Å²) in [5.74, 6) is 2.31. The normalized spacial score (nSPS) is 10.0. The molecule has 3 rings (SSSR count). The molecule has 0 saturated heterocycles. The quantitative estimate of drug-likeness (QED) is 0.439. The third-order valence-corrected chi connectivity index (χ3v) is 5.08. The maximum Gasteiger partial charge on any atom is 0.255 e. The molecular formula is C19H25Cl2N5OS. The number of nitrogens with zero attached hydrogens (tertiary/aromatic N) is 2. The number of rotatable bonds is 9. The van der Waals surface area contributed by atoms with Crippen molar-refractivity contribution in [3.8, 4) is 0 Å². The van der Waals surface area contributed by atoms with E-state index in [4.69, 9.17) is 0 Å². The highest BCUT2D eigenvalue weighted by Gasteiger charge is 2.04. The van der Waals surface area contributed by atoms with E-state index in [-0.39, 0.29) is 30.4 Å². The van der Waals surface area contributed by atoms with Crippen LogP contribution in [0.15, 0.2) is 47.7 Å². The van der Waals surface area contributed by atoms with E-state index in [9.17, 15) is 4.79 Å². The number of thioether (sulfide) groups is 1. The Kier molecular flexibility index (Phi) is 10.7. The Hall–Kier alpha value is -1.96. The molecule has 9 heteroatoms. The summed E-state index contributed by atoms with van der Waals surface area (Å²) in [6, 6.07) is 10.2. The number of hydrogen-bond acceptors (Lipinski definition) is 5. The van der Waals surface area contributed by atoms with Gasteiger partial charge in [-0.3, -0.25) is 9.78 Å². The Bertz CT molecular complexity index is 885. The highest BCUT2D eigenvalue weighted by molar-refractivity contribution is 7.98. The number of aromatic amines is 2. The van der Waals surface area contributed by atoms with Gasteiger partial charge in [0.05, 0.1) is 12.0 Å². The second-order valence-corrected chi connectivity index (χ2v) is 7.13. The number of nitrogens with one attached hydrogen (secondary N) is 3. The van der Waals surface area contributed by atoms with E-state index >= 15 is 0 Å². The summed E-state index contributed by atoms with van der Waals surface area (Å²) in [7, 11) is 0. The molecule has 0 unspecified atom stereocenters. The fourth-order valence-corrected chi connectivity index (χ4v) is 3.43. The molecule has 0 radical (unpaired) electrons. The summed E-state index contributed by atoms with van der Waals surface area (Å²) in [6.07, 6.45) is 4.91. The van der Waals surface area contributed by atoms with Crippen LogP contribution in [0, 0.1) is 6.92 Å². The zero-order chi connectivity index (χ0) is 18.2. The van der Waals surface area contributed by atoms with Gasteiger partial charge in [0, 0.05) is 35.5 Å². The maximum absolute atomic E-state index is 12.2. The topological polar surface area (TPSA) is 86.5 Å². The summed E-state index contributed by atoms with van der Waals surface area (Å²) in [4.78, 5) is 26.7. The van der Waals surface area contributed by atoms with Crippen molar-refractivity contribution in [3.05, 3.63) is 75.7 Å². The van der Waals surface area contributed by atoms with Crippen LogP contribution in [0.4, 0.5) is 5.95 Å². The lowest BCUT2D eigenvalue weighted by molar-refractivity contribution is 0.911. The Morgan fingerprint density at radius 2 is 1.89 bits per heavy atom. The van der Waals surface area contributed by atoms with Gasteiger partial charge in [-0.25, -0.2) is 9.97 Å². The van der Waals surface area contributed by atoms with Crippen molar-refractivity contribution < 1.29 is 0 Å². The Labute approximate surface area is 181 Å². The molecular weight excluding hydrogens is 417 g/mol. The Morgan fingerprint density at radius 1 is 1.11 bits per heavy atom. The Morgan fingerprint density at radius 3 is 2.57 bits per heavy atom. The first-order chi connectivity index (χ1) is 12.7. The monoisotopic (exact) mass is 441 g/mol. The van der Waals surface area contributed by atoms with Crippen LogP contribution in [0.5, 0.6) is 0 Å². The number of hydrogen-bond donors (Lipinski definition) is 3. The lowest BCUT2D eigenvalue weighted by Crippen LogP contribution is -2.18. The van der Waals surface area contributed by atoms with Gasteiger partial charge in [-0.2, -0.15) is 11.8 Å². The lowest BCUT2D eigenvalue weighted by Gasteiger charge is -2.06. The molecule has 0 atom stereocenters. The SMILES string of the molecule is Cc1[nH]cnc1CSCCNc1ncc(CCc2ccccc2)c(=O)[nH]1.Cl.Cl. The van der Waals surface area contributed by atoms with E-state index in [0.717, 1.165) is 35.9 Å². The van der Waals surface area contributed by atoms with E-state index in [2.05, 4.69) is 37.4 Å². The molecule has 6 nitrogen and oxygen atoms in total. The first-order valence-electron chi connectivity index (χ1n) is 8.65. The van der Waals surface area contributed by atoms with Crippen LogP contribution in [-0.2, 0) is 18.6 Å². The van der Waals surface area contributed by atoms with Crippen LogP contribution in [0.3, 0.4) is 0 Å². The van der Waals surface area contributed by atoms with Crippen LogP contribution in [0.2, 0.25) is 0 Å². The zero-order valence-corrected chi connectivity index (χ0v) is 18.1. The van der Waals surface area contributed by atoms with E-state index in [1.165, 1.54) is 5.56 Å². The van der Waals surface area contributed by atoms with Crippen LogP contribution in [0.25, 0.3) is 0 Å². The minimum absolute atomic E-state index is 0. The molecule has 0 bridgehead atoms. The average Bonchev–Trinajstić information content (AvgIpc) is 3.06. The molecule has 0 saturated carbocycles. The van der Waals surface area contributed by atoms with E-state index in [0.29, 0.717) is 17.9 Å². The third-order valence-electron chi connectivity index (χ3n) is 4.11. The van der Waals surface area contributed by atoms with Gasteiger partial charge in [0.1, 0.15) is 0 Å². The average molecular weight is 442 g/mol. The van der Waals surface area contributed by atoms with E-state index in [1.54, 1.807) is 24.3 Å². The van der Waals surface area contributed by atoms with Crippen LogP contribution < -0.4 is 10.9 Å². The number of imidazole rings is 1. The van der Waals surface area contributed by atoms with E-state index in [1.807, 2.05) is 25.1 Å². The molecule has 152 valence electrons. The summed E-state index contributed by atoms with van der Waals surface area (Å²) < 4.78 is 0. The predicted molar refractivity (Wildman–Crippen MR) is 121 cm³/mol. The smallest absolute Gasteiger partial charge is 0.255 e. The Balaban J connectivity index is 0.00000196. The minimum Gasteiger partial charge on any atom is -0.355 e. The van der Waals surface area contributed by atoms with Crippen LogP contribution >= 0.6 is 36.6 Å². The third kappa shape index (κ3) is 7.22. The van der Waals surface area contributed by atoms with Crippen molar-refractivity contribution in [2.24, 2.45) is 0 Å². The largest absolute Gasteiger partial charge is 0.355 e. The number of aryl methyl sites for hydroxylation is 3. The minimum atomic E-state index is -0.0711. The molecule has 0 amide bonds. The van der Waals surface area contributed by atoms with Crippen LogP contribution in [-0.4, -0.2) is 32.2 Å². The van der Waals surface area contributed by atoms with Crippen LogP contribution in [0.1, 0.15) is 22.5 Å². The molecule has 2 heterocycles. The predicted octanol–water partition coefficient (Wildman–Crippen LogP) is 3.78. The molecule has 2 aromatic heterocycles. The molecule has 0 aliphatic rings. The molecule has 0 spiro atoms. The van der Waals surface area contributed by atoms with Gasteiger partial charge in [0.15, 0.2) is 0 Å². The summed E-state index contributed by atoms with van der Waals surface area (Å²) >= 11 is 1.79. The number of benzene rings is 1. The first-order valence-corrected chi connectivity index (χ1v) is 9.80. The summed E-state index contributed by atoms with van der Waals surface area (Å²) in [5, 5.41) is 3.17. The van der Waals surface area contributed by atoms with Gasteiger partial charge >= 0.3 is 0 Å². The van der Waals surface area contributed by atoms with E-state index < -0.39 is 0 Å². The van der Waals surface area contributed by atoms with Gasteiger partial charge < -0.3 is 10.3 Å². The molecule has 3 N–H and O–H groups in total. The van der Waals surface area contributed by atoms with Gasteiger partial charge in [0.25, 0.3) is 5.56 Å². The highest BCUT2D eigenvalue weighted by Crippen LogP contribution is 2.12. The molecule has 0 fully saturated rings. The number of H-pyrrole nitrogens is 2. The fourth-order valence-electron chi connectivity index (χ4n) is 2.56. The second-order valence-electron chi connectivity index (χ2n) is 6.03. The molecule has 3 aromatic rings. The second kappa shape index (κ2) is 12.5. The van der Waals surface area contributed by atoms with Crippen molar-refractivity contribution in [3.63, 3.8) is 0 Å². The van der Waals surface area contributed by atoms with Crippen molar-refractivity contribution in [2.45, 2.75) is 25.5 Å². The fraction of sp³-hybridized carbons (Fsp3) is 0.316. The summed E-state index contributed by atoms with van der Waals surface area (Å²) in [6.45, 7) is 2.76. The van der Waals surface area contributed by atoms with Gasteiger partial charge in [0.2, 0.25) is 5.95 Å². The lowest BCUT2D eigenvalue weighted by atomic mass is 10.1. The van der Waals surface area contributed by atoms with Crippen molar-refractivity contribution >= 4 is 42.5 Å². The van der Waals surface area contributed by atoms with Crippen molar-refractivity contribution in [1.82, 2.24) is 19.9 Å². The summed E-state index contributed by atoms with van der Waals surface area (Å²) in [5.41, 5.74) is 4.06. The highest BCUT2D eigenvalue weighted by atomic mass is 35.5. The van der Waals surface area contributed by atoms with Crippen molar-refractivity contribution in [1.29, 1.82) is 0 Å². The first kappa shape index (κ1) is 24.1. The standard InChI is InChI=1S/C19H23N5OS.2ClH/c1-14-17(23-13-22-14)12-26-10-9-20-19-21-11-16(18(25)24-19)8-7-15-5-3-2-4-6-15;;/h2-6,11,13H,7-10,12H2,1H3,(H,22,23)(H2,20,21,24,25);2*1H. The van der Waals surface area contributed by atoms with Gasteiger partial charge in [-0.05, 0) is 25.3 Å². The number of anilines is 1.